The standard InChI is InChI=1S/C22H25ClF3NO2.C22H23ClF3NO2.CH4O.B.Na.H/c2*23-18-8-4-16(5-9-18)21(28)15-27-13-2-1-3-19(27)12-14-29-20-10-6-17(7-11-20)22(24,25)26;1-2;;;/h4-11,19,21,28H,1-3,12-15H2;4-11,19H,1-3,12-15H2;2H,1H3;;;/q;;;;+1;-1. The van der Waals surface area contributed by atoms with Gasteiger partial charge in [0.05, 0.1) is 37.0 Å². The van der Waals surface area contributed by atoms with Gasteiger partial charge in [0.1, 0.15) is 11.5 Å². The van der Waals surface area contributed by atoms with Gasteiger partial charge in [-0.3, -0.25) is 14.6 Å². The maximum atomic E-state index is 12.6. The van der Waals surface area contributed by atoms with Gasteiger partial charge in [0.15, 0.2) is 5.78 Å². The molecule has 4 aromatic rings. The maximum absolute atomic E-state index is 12.6. The topological polar surface area (TPSA) is 82.5 Å². The Morgan fingerprint density at radius 2 is 1.08 bits per heavy atom. The predicted octanol–water partition coefficient (Wildman–Crippen LogP) is 7.93. The smallest absolute Gasteiger partial charge is 1.00 e. The van der Waals surface area contributed by atoms with Gasteiger partial charge in [0, 0.05) is 49.8 Å². The van der Waals surface area contributed by atoms with Crippen LogP contribution in [0.1, 0.15) is 85.9 Å². The number of Topliss-reactive ketones (excluding diaryl/α,β-unsaturated/α-hetero) is 1. The third kappa shape index (κ3) is 18.4. The van der Waals surface area contributed by atoms with Crippen LogP contribution in [0.15, 0.2) is 97.1 Å². The van der Waals surface area contributed by atoms with Crippen LogP contribution in [0.3, 0.4) is 0 Å². The molecule has 7 nitrogen and oxygen atoms in total. The molecule has 0 spiro atoms. The summed E-state index contributed by atoms with van der Waals surface area (Å²) < 4.78 is 87.1. The summed E-state index contributed by atoms with van der Waals surface area (Å²) in [7, 11) is 1.00. The minimum Gasteiger partial charge on any atom is -1.00 e. The van der Waals surface area contributed by atoms with Crippen LogP contribution in [0.5, 0.6) is 11.5 Å². The van der Waals surface area contributed by atoms with Crippen LogP contribution >= 0.6 is 23.2 Å². The fourth-order valence-electron chi connectivity index (χ4n) is 7.25. The molecule has 2 saturated heterocycles. The summed E-state index contributed by atoms with van der Waals surface area (Å²) in [6, 6.07) is 24.1. The van der Waals surface area contributed by atoms with E-state index in [0.717, 1.165) is 101 Å². The van der Waals surface area contributed by atoms with E-state index in [0.29, 0.717) is 53.4 Å². The molecule has 0 bridgehead atoms. The Balaban J connectivity index is 0.000000580. The molecule has 6 rings (SSSR count). The fraction of sp³-hybridized carbons (Fsp3) is 0.444. The van der Waals surface area contributed by atoms with Crippen LogP contribution in [-0.2, 0) is 12.4 Å². The number of carbonyl (C=O) groups is 1. The van der Waals surface area contributed by atoms with Crippen molar-refractivity contribution in [2.75, 3.05) is 46.5 Å². The molecule has 3 radical (unpaired) electrons. The van der Waals surface area contributed by atoms with E-state index < -0.39 is 29.6 Å². The zero-order chi connectivity index (χ0) is 43.7. The Labute approximate surface area is 396 Å². The molecule has 0 aliphatic carbocycles. The number of aliphatic hydroxyl groups excluding tert-OH is 2. The number of ketones is 1. The molecule has 17 heteroatoms. The van der Waals surface area contributed by atoms with Gasteiger partial charge in [0.25, 0.3) is 0 Å². The normalized spacial score (nSPS) is 17.4. The fourth-order valence-corrected chi connectivity index (χ4v) is 7.50. The molecule has 0 aromatic heterocycles. The Morgan fingerprint density at radius 3 is 1.52 bits per heavy atom. The first kappa shape index (κ1) is 55.3. The first-order chi connectivity index (χ1) is 28.7. The number of benzene rings is 4. The Hall–Kier alpha value is -2.79. The van der Waals surface area contributed by atoms with E-state index in [1.54, 1.807) is 36.4 Å². The van der Waals surface area contributed by atoms with Crippen LogP contribution in [0.25, 0.3) is 0 Å². The van der Waals surface area contributed by atoms with E-state index in [1.165, 1.54) is 24.3 Å². The van der Waals surface area contributed by atoms with Crippen molar-refractivity contribution in [1.29, 1.82) is 0 Å². The van der Waals surface area contributed by atoms with Crippen molar-refractivity contribution in [3.8, 4) is 11.5 Å². The average Bonchev–Trinajstić information content (AvgIpc) is 3.23. The molecule has 2 aliphatic heterocycles. The monoisotopic (exact) mass is 919 g/mol. The van der Waals surface area contributed by atoms with Gasteiger partial charge in [0.2, 0.25) is 0 Å². The summed E-state index contributed by atoms with van der Waals surface area (Å²) in [6.07, 6.45) is -1.46. The summed E-state index contributed by atoms with van der Waals surface area (Å²) in [5.41, 5.74) is 0.1000. The van der Waals surface area contributed by atoms with Crippen molar-refractivity contribution in [2.24, 2.45) is 0 Å². The molecular formula is C45H53BCl2F6N2NaO5. The number of halogens is 8. The van der Waals surface area contributed by atoms with E-state index in [-0.39, 0.29) is 57.3 Å². The van der Waals surface area contributed by atoms with Crippen molar-refractivity contribution >= 4 is 37.4 Å². The SMILES string of the molecule is CO.O=C(CN1CCCCC1CCOc1ccc(C(F)(F)F)cc1)c1ccc(Cl)cc1.OC(CN1CCCCC1CCOc1ccc(C(F)(F)F)cc1)c1ccc(Cl)cc1.[B].[H-].[Na+]. The number of piperidine rings is 2. The molecule has 333 valence electrons. The maximum Gasteiger partial charge on any atom is 1.00 e. The van der Waals surface area contributed by atoms with Crippen molar-refractivity contribution in [3.63, 3.8) is 0 Å². The molecule has 3 atom stereocenters. The van der Waals surface area contributed by atoms with Gasteiger partial charge in [-0.1, -0.05) is 48.2 Å². The number of nitrogens with zero attached hydrogens (tertiary/aromatic N) is 2. The van der Waals surface area contributed by atoms with Crippen LogP contribution < -0.4 is 39.0 Å². The molecule has 2 aliphatic rings. The van der Waals surface area contributed by atoms with Crippen molar-refractivity contribution in [1.82, 2.24) is 9.80 Å². The number of hydrogen-bond donors (Lipinski definition) is 2. The molecule has 2 fully saturated rings. The Bertz CT molecular complexity index is 1870. The number of alkyl halides is 6. The van der Waals surface area contributed by atoms with E-state index >= 15 is 0 Å². The van der Waals surface area contributed by atoms with Crippen molar-refractivity contribution in [2.45, 2.75) is 81.9 Å². The first-order valence-electron chi connectivity index (χ1n) is 19.9. The second-order valence-electron chi connectivity index (χ2n) is 14.6. The third-order valence-corrected chi connectivity index (χ3v) is 11.0. The number of hydrogen-bond acceptors (Lipinski definition) is 7. The number of aliphatic hydroxyl groups is 2. The van der Waals surface area contributed by atoms with Gasteiger partial charge in [-0.15, -0.1) is 0 Å². The van der Waals surface area contributed by atoms with Crippen LogP contribution in [0.2, 0.25) is 10.0 Å². The predicted molar refractivity (Wildman–Crippen MR) is 229 cm³/mol. The van der Waals surface area contributed by atoms with Crippen LogP contribution in [0.4, 0.5) is 26.3 Å². The van der Waals surface area contributed by atoms with Crippen molar-refractivity contribution < 1.29 is 81.8 Å². The molecule has 3 unspecified atom stereocenters. The second-order valence-corrected chi connectivity index (χ2v) is 15.5. The zero-order valence-corrected chi connectivity index (χ0v) is 38.5. The summed E-state index contributed by atoms with van der Waals surface area (Å²) in [5.74, 6) is 0.899. The quantitative estimate of drug-likeness (QED) is 0.0757. The molecule has 62 heavy (non-hydrogen) atoms. The van der Waals surface area contributed by atoms with E-state index in [2.05, 4.69) is 9.80 Å². The Morgan fingerprint density at radius 1 is 0.677 bits per heavy atom. The van der Waals surface area contributed by atoms with E-state index in [1.807, 2.05) is 12.1 Å². The van der Waals surface area contributed by atoms with Gasteiger partial charge in [-0.05, 0) is 142 Å². The largest absolute Gasteiger partial charge is 1.00 e. The second kappa shape index (κ2) is 27.5. The minimum atomic E-state index is -4.35. The average molecular weight is 921 g/mol. The summed E-state index contributed by atoms with van der Waals surface area (Å²) >= 11 is 11.8. The van der Waals surface area contributed by atoms with Crippen LogP contribution in [-0.4, -0.2) is 92.8 Å². The molecular weight excluding hydrogens is 867 g/mol. The third-order valence-electron chi connectivity index (χ3n) is 10.5. The number of likely N-dealkylation sites (tertiary alicyclic amines) is 2. The number of ether oxygens (including phenoxy) is 2. The van der Waals surface area contributed by atoms with Crippen molar-refractivity contribution in [3.05, 3.63) is 129 Å². The molecule has 0 saturated carbocycles. The zero-order valence-electron chi connectivity index (χ0n) is 36.0. The van der Waals surface area contributed by atoms with Gasteiger partial charge in [-0.2, -0.15) is 26.3 Å². The van der Waals surface area contributed by atoms with Gasteiger partial charge < -0.3 is 21.1 Å². The summed E-state index contributed by atoms with van der Waals surface area (Å²) in [6.45, 7) is 3.45. The number of rotatable bonds is 14. The molecule has 2 N–H and O–H groups in total. The molecule has 0 amide bonds. The molecule has 4 aromatic carbocycles. The first-order valence-corrected chi connectivity index (χ1v) is 20.7. The van der Waals surface area contributed by atoms with Crippen LogP contribution in [0, 0.1) is 0 Å². The van der Waals surface area contributed by atoms with Gasteiger partial charge >= 0.3 is 41.9 Å². The minimum absolute atomic E-state index is 0. The van der Waals surface area contributed by atoms with E-state index in [9.17, 15) is 36.2 Å². The number of carbonyl (C=O) groups excluding carboxylic acids is 1. The van der Waals surface area contributed by atoms with E-state index in [4.69, 9.17) is 37.8 Å². The van der Waals surface area contributed by atoms with Gasteiger partial charge in [-0.25, -0.2) is 0 Å². The molecule has 2 heterocycles. The number of β-amino-alcohol motifs (C(OH)–C–C–N with tert-alkyl or cyclic N) is 1. The summed E-state index contributed by atoms with van der Waals surface area (Å²) in [5, 5.41) is 18.8. The Kier molecular flexibility index (Phi) is 24.6. The summed E-state index contributed by atoms with van der Waals surface area (Å²) in [4.78, 5) is 17.0.